The van der Waals surface area contributed by atoms with Crippen molar-refractivity contribution in [3.05, 3.63) is 29.8 Å². The molecule has 0 spiro atoms. The fraction of sp³-hybridized carbons (Fsp3) is 0.579. The number of rotatable bonds is 1. The van der Waals surface area contributed by atoms with Crippen molar-refractivity contribution in [2.24, 2.45) is 10.4 Å². The lowest BCUT2D eigenvalue weighted by Crippen LogP contribution is -2.49. The molecule has 0 radical (unpaired) electrons. The van der Waals surface area contributed by atoms with Crippen LogP contribution in [0.5, 0.6) is 0 Å². The summed E-state index contributed by atoms with van der Waals surface area (Å²) in [5, 5.41) is 11.4. The van der Waals surface area contributed by atoms with Gasteiger partial charge in [-0.3, -0.25) is 9.69 Å². The van der Waals surface area contributed by atoms with Gasteiger partial charge in [-0.1, -0.05) is 25.1 Å². The van der Waals surface area contributed by atoms with Crippen LogP contribution in [0.25, 0.3) is 0 Å². The largest absolute Gasteiger partial charge is 0.378 e. The third-order valence-electron chi connectivity index (χ3n) is 6.41. The number of hydrogen-bond donors (Lipinski definition) is 1. The highest BCUT2D eigenvalue weighted by Crippen LogP contribution is 2.51. The molecule has 126 valence electrons. The normalized spacial score (nSPS) is 42.8. The van der Waals surface area contributed by atoms with Crippen LogP contribution in [-0.4, -0.2) is 53.3 Å². The summed E-state index contributed by atoms with van der Waals surface area (Å²) < 4.78 is 5.89. The van der Waals surface area contributed by atoms with E-state index in [0.29, 0.717) is 18.6 Å². The molecule has 0 aromatic heterocycles. The molecular weight excluding hydrogens is 304 g/mol. The molecule has 1 aromatic carbocycles. The molecule has 5 heteroatoms. The van der Waals surface area contributed by atoms with Gasteiger partial charge in [0.25, 0.3) is 0 Å². The van der Waals surface area contributed by atoms with Crippen LogP contribution in [0.4, 0.5) is 5.69 Å². The second-order valence-corrected chi connectivity index (χ2v) is 7.73. The van der Waals surface area contributed by atoms with Crippen molar-refractivity contribution in [2.75, 3.05) is 19.6 Å². The number of carbonyl (C=O) groups excluding carboxylic acids is 1. The van der Waals surface area contributed by atoms with Gasteiger partial charge in [-0.2, -0.15) is 0 Å². The number of nitrogens with zero attached hydrogens (tertiary/aromatic N) is 2. The Morgan fingerprint density at radius 1 is 1.42 bits per heavy atom. The molecule has 1 aromatic rings. The number of Topliss-reactive ketones (excluding diaryl/α,β-unsaturated/α-hetero) is 1. The summed E-state index contributed by atoms with van der Waals surface area (Å²) in [4.78, 5) is 20.1. The Bertz CT molecular complexity index is 761. The van der Waals surface area contributed by atoms with Crippen LogP contribution < -0.4 is 0 Å². The molecule has 4 heterocycles. The molecule has 4 aliphatic rings. The molecule has 0 aliphatic carbocycles. The van der Waals surface area contributed by atoms with Crippen LogP contribution in [0.1, 0.15) is 31.7 Å². The van der Waals surface area contributed by atoms with Crippen LogP contribution in [0, 0.1) is 5.41 Å². The average Bonchev–Trinajstić information content (AvgIpc) is 3.31. The second-order valence-electron chi connectivity index (χ2n) is 7.73. The maximum atomic E-state index is 13.1. The van der Waals surface area contributed by atoms with Gasteiger partial charge >= 0.3 is 0 Å². The number of hydrogen-bond acceptors (Lipinski definition) is 5. The minimum Gasteiger partial charge on any atom is -0.378 e. The minimum absolute atomic E-state index is 0.0199. The molecule has 3 fully saturated rings. The molecule has 24 heavy (non-hydrogen) atoms. The van der Waals surface area contributed by atoms with E-state index in [2.05, 4.69) is 16.8 Å². The fourth-order valence-corrected chi connectivity index (χ4v) is 4.97. The van der Waals surface area contributed by atoms with Crippen LogP contribution in [0.2, 0.25) is 0 Å². The summed E-state index contributed by atoms with van der Waals surface area (Å²) in [5.41, 5.74) is 0.462. The summed E-state index contributed by atoms with van der Waals surface area (Å²) in [6, 6.07) is 7.58. The lowest BCUT2D eigenvalue weighted by atomic mass is 9.72. The van der Waals surface area contributed by atoms with Crippen LogP contribution in [-0.2, 0) is 15.1 Å². The highest BCUT2D eigenvalue weighted by atomic mass is 16.6. The smallest absolute Gasteiger partial charge is 0.181 e. The molecular formula is C19H22N2O3. The van der Waals surface area contributed by atoms with E-state index in [1.54, 1.807) is 0 Å². The van der Waals surface area contributed by atoms with Gasteiger partial charge in [-0.15, -0.1) is 0 Å². The lowest BCUT2D eigenvalue weighted by Gasteiger charge is -2.39. The Kier molecular flexibility index (Phi) is 2.92. The van der Waals surface area contributed by atoms with Gasteiger partial charge in [0.15, 0.2) is 5.78 Å². The highest BCUT2D eigenvalue weighted by Gasteiger charge is 2.60. The van der Waals surface area contributed by atoms with E-state index in [4.69, 9.17) is 4.74 Å². The van der Waals surface area contributed by atoms with Gasteiger partial charge in [-0.25, -0.2) is 4.99 Å². The van der Waals surface area contributed by atoms with Crippen LogP contribution >= 0.6 is 0 Å². The Labute approximate surface area is 141 Å². The van der Waals surface area contributed by atoms with E-state index in [-0.39, 0.29) is 23.4 Å². The van der Waals surface area contributed by atoms with Crippen molar-refractivity contribution in [2.45, 2.75) is 44.0 Å². The van der Waals surface area contributed by atoms with E-state index >= 15 is 0 Å². The first kappa shape index (κ1) is 14.8. The van der Waals surface area contributed by atoms with E-state index < -0.39 is 5.60 Å². The lowest BCUT2D eigenvalue weighted by molar-refractivity contribution is -0.116. The highest BCUT2D eigenvalue weighted by molar-refractivity contribution is 6.44. The Morgan fingerprint density at radius 3 is 3.08 bits per heavy atom. The number of aliphatic hydroxyl groups is 1. The molecule has 3 saturated heterocycles. The summed E-state index contributed by atoms with van der Waals surface area (Å²) in [6.07, 6.45) is 2.28. The SMILES string of the molecule is CCC12CC(=O)C3=Nc4ccccc4C3(O)CCN(CC3OC31)C2. The Hall–Kier alpha value is -1.56. The molecule has 1 N–H and O–H groups in total. The first-order chi connectivity index (χ1) is 11.6. The molecule has 5 rings (SSSR count). The molecule has 0 saturated carbocycles. The molecule has 5 nitrogen and oxygen atoms in total. The summed E-state index contributed by atoms with van der Waals surface area (Å²) in [7, 11) is 0. The van der Waals surface area contributed by atoms with Crippen molar-refractivity contribution in [3.63, 3.8) is 0 Å². The first-order valence-corrected chi connectivity index (χ1v) is 8.88. The summed E-state index contributed by atoms with van der Waals surface area (Å²) >= 11 is 0. The number of para-hydroxylation sites is 1. The monoisotopic (exact) mass is 326 g/mol. The van der Waals surface area contributed by atoms with Crippen LogP contribution in [0.3, 0.4) is 0 Å². The second kappa shape index (κ2) is 4.75. The zero-order valence-electron chi connectivity index (χ0n) is 13.9. The standard InChI is InChI=1S/C19H22N2O3/c1-2-18-9-14(22)16-19(23,12-5-3-4-6-13(12)20-16)7-8-21(11-18)10-15-17(18)24-15/h3-6,15,17,23H,2,7-11H2,1H3. The minimum atomic E-state index is -1.24. The number of epoxide rings is 1. The van der Waals surface area contributed by atoms with Crippen molar-refractivity contribution in [3.8, 4) is 0 Å². The topological polar surface area (TPSA) is 65.4 Å². The molecule has 4 aliphatic heterocycles. The van der Waals surface area contributed by atoms with E-state index in [0.717, 1.165) is 37.3 Å². The van der Waals surface area contributed by atoms with Crippen LogP contribution in [0.15, 0.2) is 29.3 Å². The fourth-order valence-electron chi connectivity index (χ4n) is 4.97. The van der Waals surface area contributed by atoms with Gasteiger partial charge < -0.3 is 9.84 Å². The number of ketones is 1. The number of benzene rings is 1. The van der Waals surface area contributed by atoms with Crippen molar-refractivity contribution in [1.29, 1.82) is 0 Å². The third kappa shape index (κ3) is 1.86. The molecule has 5 unspecified atom stereocenters. The zero-order chi connectivity index (χ0) is 16.5. The average molecular weight is 326 g/mol. The van der Waals surface area contributed by atoms with E-state index in [1.807, 2.05) is 24.3 Å². The van der Waals surface area contributed by atoms with E-state index in [9.17, 15) is 9.90 Å². The molecule has 2 bridgehead atoms. The van der Waals surface area contributed by atoms with E-state index in [1.165, 1.54) is 0 Å². The summed E-state index contributed by atoms with van der Waals surface area (Å²) in [6.45, 7) is 4.68. The predicted molar refractivity (Wildman–Crippen MR) is 89.5 cm³/mol. The number of aliphatic imine (C=N–C) groups is 1. The number of fused-ring (bicyclic) bond motifs is 7. The first-order valence-electron chi connectivity index (χ1n) is 8.88. The number of carbonyl (C=O) groups is 1. The third-order valence-corrected chi connectivity index (χ3v) is 6.41. The predicted octanol–water partition coefficient (Wildman–Crippen LogP) is 1.80. The van der Waals surface area contributed by atoms with Crippen molar-refractivity contribution < 1.29 is 14.6 Å². The zero-order valence-corrected chi connectivity index (χ0v) is 13.9. The maximum Gasteiger partial charge on any atom is 0.181 e. The summed E-state index contributed by atoms with van der Waals surface area (Å²) in [5.74, 6) is -0.0199. The maximum absolute atomic E-state index is 13.1. The number of ether oxygens (including phenoxy) is 1. The van der Waals surface area contributed by atoms with Gasteiger partial charge in [0, 0.05) is 37.0 Å². The van der Waals surface area contributed by atoms with Gasteiger partial charge in [0.1, 0.15) is 11.3 Å². The van der Waals surface area contributed by atoms with Gasteiger partial charge in [-0.05, 0) is 18.9 Å². The molecule has 5 atom stereocenters. The number of piperidine rings is 1. The van der Waals surface area contributed by atoms with Crippen molar-refractivity contribution in [1.82, 2.24) is 4.90 Å². The van der Waals surface area contributed by atoms with Gasteiger partial charge in [0.2, 0.25) is 0 Å². The quantitative estimate of drug-likeness (QED) is 0.799. The van der Waals surface area contributed by atoms with Gasteiger partial charge in [0.05, 0.1) is 17.9 Å². The Balaban J connectivity index is 1.60. The molecule has 0 amide bonds. The van der Waals surface area contributed by atoms with Crippen molar-refractivity contribution >= 4 is 17.2 Å². The Morgan fingerprint density at radius 2 is 2.25 bits per heavy atom.